The van der Waals surface area contributed by atoms with Crippen LogP contribution in [0.4, 0.5) is 10.8 Å². The minimum Gasteiger partial charge on any atom is -0.382 e. The molecule has 0 amide bonds. The Bertz CT molecular complexity index is 597. The van der Waals surface area contributed by atoms with Gasteiger partial charge in [0.25, 0.3) is 0 Å². The molecule has 2 rings (SSSR count). The fourth-order valence-electron chi connectivity index (χ4n) is 1.77. The normalized spacial score (nSPS) is 10.1. The van der Waals surface area contributed by atoms with Gasteiger partial charge in [0.2, 0.25) is 0 Å². The maximum absolute atomic E-state index is 9.07. The van der Waals surface area contributed by atoms with E-state index >= 15 is 0 Å². The second-order valence-electron chi connectivity index (χ2n) is 4.14. The Morgan fingerprint density at radius 3 is 2.83 bits per heavy atom. The number of aryl methyl sites for hydroxylation is 1. The van der Waals surface area contributed by atoms with Gasteiger partial charge in [-0.15, -0.1) is 0 Å². The summed E-state index contributed by atoms with van der Waals surface area (Å²) in [7, 11) is 1.94. The molecule has 0 aliphatic heterocycles. The third-order valence-electron chi connectivity index (χ3n) is 2.83. The second kappa shape index (κ2) is 5.07. The summed E-state index contributed by atoms with van der Waals surface area (Å²) in [5, 5.41) is 9.89. The van der Waals surface area contributed by atoms with Gasteiger partial charge in [-0.3, -0.25) is 0 Å². The minimum atomic E-state index is 0.314. The van der Waals surface area contributed by atoms with Gasteiger partial charge >= 0.3 is 0 Å². The van der Waals surface area contributed by atoms with Gasteiger partial charge in [0.1, 0.15) is 16.6 Å². The van der Waals surface area contributed by atoms with Crippen LogP contribution in [0.2, 0.25) is 0 Å². The molecule has 0 unspecified atom stereocenters. The number of rotatable bonds is 3. The van der Waals surface area contributed by atoms with Crippen LogP contribution in [0.15, 0.2) is 24.3 Å². The quantitative estimate of drug-likeness (QED) is 0.918. The molecule has 0 saturated heterocycles. The van der Waals surface area contributed by atoms with Crippen molar-refractivity contribution in [2.45, 2.75) is 13.5 Å². The molecular weight excluding hydrogens is 244 g/mol. The number of anilines is 2. The lowest BCUT2D eigenvalue weighted by molar-refractivity contribution is 0.924. The predicted molar refractivity (Wildman–Crippen MR) is 74.5 cm³/mol. The van der Waals surface area contributed by atoms with Gasteiger partial charge in [-0.05, 0) is 29.6 Å². The number of nitrogens with two attached hydrogens (primary N) is 1. The van der Waals surface area contributed by atoms with E-state index in [1.54, 1.807) is 0 Å². The maximum Gasteiger partial charge on any atom is 0.157 e. The van der Waals surface area contributed by atoms with Crippen LogP contribution >= 0.6 is 11.5 Å². The lowest BCUT2D eigenvalue weighted by atomic mass is 10.1. The average molecular weight is 258 g/mol. The molecule has 1 aromatic heterocycles. The van der Waals surface area contributed by atoms with E-state index in [0.29, 0.717) is 11.4 Å². The van der Waals surface area contributed by atoms with Crippen LogP contribution in [0, 0.1) is 18.3 Å². The fourth-order valence-corrected chi connectivity index (χ4v) is 2.50. The van der Waals surface area contributed by atoms with Gasteiger partial charge in [0.05, 0.1) is 0 Å². The minimum absolute atomic E-state index is 0.314. The van der Waals surface area contributed by atoms with Crippen molar-refractivity contribution in [3.05, 3.63) is 41.0 Å². The molecule has 0 spiro atoms. The summed E-state index contributed by atoms with van der Waals surface area (Å²) in [5.41, 5.74) is 8.60. The Hall–Kier alpha value is -2.06. The summed E-state index contributed by atoms with van der Waals surface area (Å²) in [6.07, 6.45) is 0. The predicted octanol–water partition coefficient (Wildman–Crippen LogP) is 2.54. The average Bonchev–Trinajstić information content (AvgIpc) is 2.73. The monoisotopic (exact) mass is 258 g/mol. The number of aromatic nitrogens is 1. The highest BCUT2D eigenvalue weighted by atomic mass is 32.1. The molecule has 4 nitrogen and oxygen atoms in total. The van der Waals surface area contributed by atoms with E-state index in [4.69, 9.17) is 11.0 Å². The molecular formula is C13H14N4S. The molecule has 5 heteroatoms. The molecule has 0 radical (unpaired) electrons. The second-order valence-corrected chi connectivity index (χ2v) is 4.89. The molecule has 92 valence electrons. The molecule has 18 heavy (non-hydrogen) atoms. The number of nitrogens with zero attached hydrogens (tertiary/aromatic N) is 3. The molecule has 2 aromatic rings. The van der Waals surface area contributed by atoms with Crippen molar-refractivity contribution in [3.63, 3.8) is 0 Å². The van der Waals surface area contributed by atoms with Crippen LogP contribution < -0.4 is 10.6 Å². The van der Waals surface area contributed by atoms with Crippen molar-refractivity contribution in [3.8, 4) is 6.07 Å². The first-order chi connectivity index (χ1) is 8.63. The number of hydrogen-bond donors (Lipinski definition) is 1. The van der Waals surface area contributed by atoms with Crippen molar-refractivity contribution >= 4 is 22.4 Å². The summed E-state index contributed by atoms with van der Waals surface area (Å²) in [6, 6.07) is 10.3. The summed E-state index contributed by atoms with van der Waals surface area (Å²) < 4.78 is 4.03. The molecule has 0 aliphatic carbocycles. The Morgan fingerprint density at radius 2 is 2.17 bits per heavy atom. The van der Waals surface area contributed by atoms with Gasteiger partial charge < -0.3 is 10.6 Å². The summed E-state index contributed by atoms with van der Waals surface area (Å²) in [6.45, 7) is 2.82. The maximum atomic E-state index is 9.07. The van der Waals surface area contributed by atoms with E-state index in [9.17, 15) is 0 Å². The van der Waals surface area contributed by atoms with Crippen LogP contribution in [0.5, 0.6) is 0 Å². The molecule has 0 saturated carbocycles. The standard InChI is InChI=1S/C13H14N4S/c1-9-5-3-4-6-10(9)8-17(2)13-11(7-14)12(15)16-18-13/h3-6H,8H2,1-2H3,(H2,15,16). The smallest absolute Gasteiger partial charge is 0.157 e. The third-order valence-corrected chi connectivity index (χ3v) is 3.80. The molecule has 1 heterocycles. The number of hydrogen-bond acceptors (Lipinski definition) is 5. The van der Waals surface area contributed by atoms with Crippen LogP contribution in [0.25, 0.3) is 0 Å². The van der Waals surface area contributed by atoms with Crippen molar-refractivity contribution in [1.82, 2.24) is 4.37 Å². The number of nitrogen functional groups attached to an aromatic ring is 1. The van der Waals surface area contributed by atoms with Crippen molar-refractivity contribution < 1.29 is 0 Å². The molecule has 1 aromatic carbocycles. The molecule has 0 bridgehead atoms. The van der Waals surface area contributed by atoms with E-state index < -0.39 is 0 Å². The van der Waals surface area contributed by atoms with Crippen molar-refractivity contribution in [2.24, 2.45) is 0 Å². The Morgan fingerprint density at radius 1 is 1.44 bits per heavy atom. The van der Waals surface area contributed by atoms with E-state index in [0.717, 1.165) is 11.5 Å². The van der Waals surface area contributed by atoms with Gasteiger partial charge in [-0.1, -0.05) is 24.3 Å². The van der Waals surface area contributed by atoms with E-state index in [-0.39, 0.29) is 0 Å². The first-order valence-electron chi connectivity index (χ1n) is 5.54. The fraction of sp³-hybridized carbons (Fsp3) is 0.231. The molecule has 0 aliphatic rings. The lowest BCUT2D eigenvalue weighted by Gasteiger charge is -2.18. The van der Waals surface area contributed by atoms with Crippen LogP contribution in [-0.2, 0) is 6.54 Å². The number of nitriles is 1. The van der Waals surface area contributed by atoms with E-state index in [1.807, 2.05) is 24.1 Å². The molecule has 0 atom stereocenters. The zero-order chi connectivity index (χ0) is 13.1. The number of benzene rings is 1. The summed E-state index contributed by atoms with van der Waals surface area (Å²) >= 11 is 1.26. The van der Waals surface area contributed by atoms with Crippen LogP contribution in [0.3, 0.4) is 0 Å². The first-order valence-corrected chi connectivity index (χ1v) is 6.31. The summed E-state index contributed by atoms with van der Waals surface area (Å²) in [5.74, 6) is 0.314. The van der Waals surface area contributed by atoms with Crippen molar-refractivity contribution in [1.29, 1.82) is 5.26 Å². The molecule has 0 fully saturated rings. The van der Waals surface area contributed by atoms with Crippen LogP contribution in [0.1, 0.15) is 16.7 Å². The highest BCUT2D eigenvalue weighted by Gasteiger charge is 2.15. The summed E-state index contributed by atoms with van der Waals surface area (Å²) in [4.78, 5) is 2.01. The van der Waals surface area contributed by atoms with Crippen molar-refractivity contribution in [2.75, 3.05) is 17.7 Å². The highest BCUT2D eigenvalue weighted by molar-refractivity contribution is 7.10. The van der Waals surface area contributed by atoms with E-state index in [2.05, 4.69) is 29.5 Å². The zero-order valence-corrected chi connectivity index (χ0v) is 11.2. The Kier molecular flexibility index (Phi) is 3.49. The van der Waals surface area contributed by atoms with Gasteiger partial charge in [0, 0.05) is 13.6 Å². The zero-order valence-electron chi connectivity index (χ0n) is 10.3. The molecule has 2 N–H and O–H groups in total. The Balaban J connectivity index is 2.25. The van der Waals surface area contributed by atoms with Gasteiger partial charge in [0.15, 0.2) is 5.82 Å². The third kappa shape index (κ3) is 2.29. The first kappa shape index (κ1) is 12.4. The highest BCUT2D eigenvalue weighted by Crippen LogP contribution is 2.30. The lowest BCUT2D eigenvalue weighted by Crippen LogP contribution is -2.16. The van der Waals surface area contributed by atoms with Crippen LogP contribution in [-0.4, -0.2) is 11.4 Å². The topological polar surface area (TPSA) is 65.9 Å². The van der Waals surface area contributed by atoms with E-state index in [1.165, 1.54) is 22.7 Å². The largest absolute Gasteiger partial charge is 0.382 e. The SMILES string of the molecule is Cc1ccccc1CN(C)c1snc(N)c1C#N. The van der Waals surface area contributed by atoms with Gasteiger partial charge in [-0.25, -0.2) is 0 Å². The Labute approximate surface area is 110 Å². The van der Waals surface area contributed by atoms with Gasteiger partial charge in [-0.2, -0.15) is 9.64 Å².